The maximum Gasteiger partial charge on any atom is 0.252 e. The number of tetrazole rings is 1. The Balaban J connectivity index is 1.52. The summed E-state index contributed by atoms with van der Waals surface area (Å²) in [5, 5.41) is 16.3. The molecule has 0 unspecified atom stereocenters. The number of benzene rings is 1. The quantitative estimate of drug-likeness (QED) is 0.335. The topological polar surface area (TPSA) is 79.7 Å². The molecule has 3 aromatic heterocycles. The van der Waals surface area contributed by atoms with E-state index in [9.17, 15) is 4.79 Å². The molecule has 0 amide bonds. The summed E-state index contributed by atoms with van der Waals surface area (Å²) in [5.74, 6) is 0.917. The maximum absolute atomic E-state index is 13.2. The summed E-state index contributed by atoms with van der Waals surface area (Å²) in [6, 6.07) is 10.9. The molecule has 8 heteroatoms. The van der Waals surface area contributed by atoms with Gasteiger partial charge < -0.3 is 4.98 Å². The zero-order chi connectivity index (χ0) is 24.4. The number of nitrogens with zero attached hydrogens (tertiary/aromatic N) is 5. The molecule has 0 radical (unpaired) electrons. The number of hydrogen-bond donors (Lipinski definition) is 1. The fraction of sp³-hybridized carbons (Fsp3) is 0.481. The van der Waals surface area contributed by atoms with Crippen molar-refractivity contribution in [2.45, 2.75) is 84.5 Å². The van der Waals surface area contributed by atoms with E-state index in [1.165, 1.54) is 29.7 Å². The van der Waals surface area contributed by atoms with Crippen LogP contribution in [0.2, 0.25) is 0 Å². The lowest BCUT2D eigenvalue weighted by molar-refractivity contribution is 0.157. The van der Waals surface area contributed by atoms with Crippen LogP contribution < -0.4 is 5.56 Å². The fourth-order valence-electron chi connectivity index (χ4n) is 5.54. The summed E-state index contributed by atoms with van der Waals surface area (Å²) in [6.07, 6.45) is 6.86. The first-order valence-electron chi connectivity index (χ1n) is 12.7. The van der Waals surface area contributed by atoms with Gasteiger partial charge in [-0.1, -0.05) is 38.3 Å². The second-order valence-electron chi connectivity index (χ2n) is 9.85. The number of nitrogens with one attached hydrogen (secondary N) is 1. The monoisotopic (exact) mass is 490 g/mol. The third-order valence-corrected chi connectivity index (χ3v) is 8.13. The Morgan fingerprint density at radius 3 is 2.74 bits per heavy atom. The van der Waals surface area contributed by atoms with Crippen molar-refractivity contribution in [2.75, 3.05) is 0 Å². The maximum atomic E-state index is 13.2. The van der Waals surface area contributed by atoms with Gasteiger partial charge in [-0.15, -0.1) is 16.4 Å². The third kappa shape index (κ3) is 5.09. The minimum Gasteiger partial charge on any atom is -0.322 e. The molecule has 0 aliphatic heterocycles. The van der Waals surface area contributed by atoms with E-state index in [4.69, 9.17) is 0 Å². The van der Waals surface area contributed by atoms with Crippen molar-refractivity contribution in [1.82, 2.24) is 30.1 Å². The lowest BCUT2D eigenvalue weighted by Gasteiger charge is -2.31. The molecule has 3 heterocycles. The van der Waals surface area contributed by atoms with Crippen LogP contribution >= 0.6 is 11.3 Å². The van der Waals surface area contributed by atoms with Gasteiger partial charge in [-0.2, -0.15) is 0 Å². The van der Waals surface area contributed by atoms with E-state index in [0.717, 1.165) is 53.7 Å². The first-order chi connectivity index (χ1) is 17.0. The molecular formula is C27H34N6OS. The Labute approximate surface area is 210 Å². The molecular weight excluding hydrogens is 456 g/mol. The Kier molecular flexibility index (Phi) is 7.11. The molecule has 5 rings (SSSR count). The van der Waals surface area contributed by atoms with Crippen LogP contribution in [0.3, 0.4) is 0 Å². The smallest absolute Gasteiger partial charge is 0.252 e. The number of aryl methyl sites for hydroxylation is 2. The van der Waals surface area contributed by atoms with Crippen molar-refractivity contribution in [3.05, 3.63) is 73.5 Å². The summed E-state index contributed by atoms with van der Waals surface area (Å²) in [4.78, 5) is 20.0. The van der Waals surface area contributed by atoms with E-state index in [-0.39, 0.29) is 11.6 Å². The van der Waals surface area contributed by atoms with Crippen LogP contribution in [0.25, 0.3) is 10.9 Å². The molecule has 1 aliphatic rings. The molecule has 7 nitrogen and oxygen atoms in total. The van der Waals surface area contributed by atoms with Crippen LogP contribution in [0.1, 0.15) is 84.9 Å². The van der Waals surface area contributed by atoms with Crippen LogP contribution in [0, 0.1) is 13.8 Å². The Morgan fingerprint density at radius 1 is 1.17 bits per heavy atom. The normalized spacial score (nSPS) is 15.8. The van der Waals surface area contributed by atoms with Crippen molar-refractivity contribution in [3.63, 3.8) is 0 Å². The van der Waals surface area contributed by atoms with Crippen LogP contribution in [0.4, 0.5) is 0 Å². The van der Waals surface area contributed by atoms with E-state index in [1.807, 2.05) is 6.07 Å². The van der Waals surface area contributed by atoms with Crippen LogP contribution in [0.15, 0.2) is 40.5 Å². The number of fused-ring (bicyclic) bond motifs is 1. The molecule has 1 fully saturated rings. The Bertz CT molecular complexity index is 1340. The zero-order valence-electron chi connectivity index (χ0n) is 20.8. The van der Waals surface area contributed by atoms with Gasteiger partial charge in [0.05, 0.1) is 12.1 Å². The first-order valence-corrected chi connectivity index (χ1v) is 13.6. The number of thiophene rings is 1. The molecule has 1 atom stereocenters. The van der Waals surface area contributed by atoms with Crippen LogP contribution in [-0.4, -0.2) is 30.1 Å². The molecule has 1 saturated carbocycles. The van der Waals surface area contributed by atoms with Crippen molar-refractivity contribution >= 4 is 22.2 Å². The van der Waals surface area contributed by atoms with Crippen molar-refractivity contribution < 1.29 is 0 Å². The number of rotatable bonds is 8. The molecule has 0 saturated heterocycles. The van der Waals surface area contributed by atoms with Gasteiger partial charge in [0.15, 0.2) is 5.82 Å². The summed E-state index contributed by atoms with van der Waals surface area (Å²) in [5.41, 5.74) is 3.97. The predicted octanol–water partition coefficient (Wildman–Crippen LogP) is 5.85. The lowest BCUT2D eigenvalue weighted by atomic mass is 9.95. The number of hydrogen-bond acceptors (Lipinski definition) is 6. The number of aromatic amines is 1. The average molecular weight is 491 g/mol. The molecule has 1 aliphatic carbocycles. The van der Waals surface area contributed by atoms with Crippen molar-refractivity contribution in [1.29, 1.82) is 0 Å². The minimum absolute atomic E-state index is 0.0169. The molecule has 0 bridgehead atoms. The molecule has 0 spiro atoms. The van der Waals surface area contributed by atoms with Gasteiger partial charge in [-0.25, -0.2) is 4.68 Å². The Hall–Kier alpha value is -2.84. The molecule has 4 aromatic rings. The summed E-state index contributed by atoms with van der Waals surface area (Å²) >= 11 is 1.74. The van der Waals surface area contributed by atoms with Gasteiger partial charge in [0.1, 0.15) is 0 Å². The van der Waals surface area contributed by atoms with Gasteiger partial charge >= 0.3 is 0 Å². The lowest BCUT2D eigenvalue weighted by Crippen LogP contribution is -2.33. The Morgan fingerprint density at radius 2 is 2.00 bits per heavy atom. The van der Waals surface area contributed by atoms with E-state index in [2.05, 4.69) is 80.5 Å². The van der Waals surface area contributed by atoms with Gasteiger partial charge in [0.25, 0.3) is 5.56 Å². The number of aromatic nitrogens is 5. The van der Waals surface area contributed by atoms with Crippen molar-refractivity contribution in [3.8, 4) is 0 Å². The molecule has 184 valence electrons. The van der Waals surface area contributed by atoms with E-state index in [0.29, 0.717) is 12.6 Å². The number of pyridine rings is 1. The highest BCUT2D eigenvalue weighted by molar-refractivity contribution is 7.09. The average Bonchev–Trinajstić information content (AvgIpc) is 3.53. The largest absolute Gasteiger partial charge is 0.322 e. The zero-order valence-corrected chi connectivity index (χ0v) is 21.6. The highest BCUT2D eigenvalue weighted by Gasteiger charge is 2.29. The highest BCUT2D eigenvalue weighted by atomic mass is 32.1. The summed E-state index contributed by atoms with van der Waals surface area (Å²) in [6.45, 7) is 7.63. The minimum atomic E-state index is -0.0274. The standard InChI is InChI=1S/C27H34N6OS/c1-4-25(26-29-30-31-33(26)21-9-6-5-7-10-21)32(17-22-11-8-12-35-22)16-20-15-23-19(3)13-18(2)14-24(23)28-27(20)34/h8,11-15,21,25H,4-7,9-10,16-17H2,1-3H3,(H,28,34)/t25-/m0/s1. The molecule has 1 N–H and O–H groups in total. The van der Waals surface area contributed by atoms with E-state index >= 15 is 0 Å². The first kappa shape index (κ1) is 23.9. The van der Waals surface area contributed by atoms with Gasteiger partial charge in [-0.3, -0.25) is 9.69 Å². The molecule has 35 heavy (non-hydrogen) atoms. The van der Waals surface area contributed by atoms with Crippen LogP contribution in [-0.2, 0) is 13.1 Å². The third-order valence-electron chi connectivity index (χ3n) is 7.27. The SMILES string of the molecule is CC[C@@H](c1nnnn1C1CCCCC1)N(Cc1cccs1)Cc1cc2c(C)cc(C)cc2[nH]c1=O. The highest BCUT2D eigenvalue weighted by Crippen LogP contribution is 2.33. The van der Waals surface area contributed by atoms with Gasteiger partial charge in [-0.05, 0) is 78.2 Å². The van der Waals surface area contributed by atoms with Crippen LogP contribution in [0.5, 0.6) is 0 Å². The predicted molar refractivity (Wildman–Crippen MR) is 141 cm³/mol. The second kappa shape index (κ2) is 10.4. The summed E-state index contributed by atoms with van der Waals surface area (Å²) in [7, 11) is 0. The van der Waals surface area contributed by atoms with E-state index < -0.39 is 0 Å². The number of H-pyrrole nitrogens is 1. The fourth-order valence-corrected chi connectivity index (χ4v) is 6.27. The second-order valence-corrected chi connectivity index (χ2v) is 10.9. The van der Waals surface area contributed by atoms with Crippen molar-refractivity contribution in [2.24, 2.45) is 0 Å². The summed E-state index contributed by atoms with van der Waals surface area (Å²) < 4.78 is 2.08. The van der Waals surface area contributed by atoms with Gasteiger partial charge in [0, 0.05) is 34.4 Å². The molecule has 1 aromatic carbocycles. The van der Waals surface area contributed by atoms with E-state index in [1.54, 1.807) is 11.3 Å². The van der Waals surface area contributed by atoms with Gasteiger partial charge in [0.2, 0.25) is 0 Å².